The minimum absolute atomic E-state index is 0.0229. The van der Waals surface area contributed by atoms with Crippen LogP contribution in [0.4, 0.5) is 0 Å². The maximum atomic E-state index is 15.1. The van der Waals surface area contributed by atoms with E-state index >= 15 is 9.59 Å². The first kappa shape index (κ1) is 89.9. The van der Waals surface area contributed by atoms with Crippen LogP contribution >= 0.6 is 0 Å². The minimum atomic E-state index is -1.61. The molecule has 12 unspecified atom stereocenters. The van der Waals surface area contributed by atoms with Crippen LogP contribution in [0.3, 0.4) is 0 Å². The number of phenols is 1. The normalized spacial score (nSPS) is 24.6. The molecule has 584 valence electrons. The molecule has 1 aromatic carbocycles. The lowest BCUT2D eigenvalue weighted by Crippen LogP contribution is -2.63. The molecule has 104 heavy (non-hydrogen) atoms. The Bertz CT molecular complexity index is 3470. The Morgan fingerprint density at radius 1 is 0.548 bits per heavy atom. The highest BCUT2D eigenvalue weighted by Gasteiger charge is 2.46. The summed E-state index contributed by atoms with van der Waals surface area (Å²) in [5, 5.41) is 33.6. The van der Waals surface area contributed by atoms with E-state index in [2.05, 4.69) is 21.3 Å². The third kappa shape index (κ3) is 23.8. The molecule has 3 heterocycles. The molecule has 11 amide bonds. The van der Waals surface area contributed by atoms with Gasteiger partial charge in [0, 0.05) is 67.0 Å². The lowest BCUT2D eigenvalue weighted by atomic mass is 9.91. The SMILES string of the molecule is CC1=CCc2c(cc3oc(C)cc(=O)c3c2O)OC1.CC=CCC(C)C(O)C1C(=O)NC(CC)C(=O)N(C)CC(=O)N(C)C(CC(C)C)C(=O)NC(C(C)C)C(=O)N(C)C(CC(C)C)C(=O)NC(C)C(=O)NC(C)C(=O)N(C)C(CC(C)C)C(=O)N(C)C(CC(C)C)C(=O)N(C)C(C(C)C)C(=O)N1C. The molecule has 0 aliphatic carbocycles. The number of amides is 11. The summed E-state index contributed by atoms with van der Waals surface area (Å²) in [5.74, 6) is -8.65. The lowest BCUT2D eigenvalue weighted by molar-refractivity contribution is -0.157. The topological polar surface area (TPSA) is 338 Å². The van der Waals surface area contributed by atoms with Gasteiger partial charge in [-0.15, -0.1) is 0 Å². The number of nitrogens with zero attached hydrogens (tertiary/aromatic N) is 7. The van der Waals surface area contributed by atoms with Gasteiger partial charge in [-0.1, -0.05) is 115 Å². The summed E-state index contributed by atoms with van der Waals surface area (Å²) in [4.78, 5) is 180. The first-order chi connectivity index (χ1) is 48.3. The molecule has 0 radical (unpaired) electrons. The Hall–Kier alpha value is -8.36. The molecule has 2 aromatic rings. The van der Waals surface area contributed by atoms with E-state index in [0.717, 1.165) is 15.4 Å². The van der Waals surface area contributed by atoms with Crippen LogP contribution in [0.2, 0.25) is 0 Å². The number of hydrogen-bond donors (Lipinski definition) is 6. The third-order valence-electron chi connectivity index (χ3n) is 19.4. The molecule has 0 bridgehead atoms. The fourth-order valence-electron chi connectivity index (χ4n) is 13.0. The minimum Gasteiger partial charge on any atom is -0.507 e. The zero-order valence-electron chi connectivity index (χ0n) is 66.9. The summed E-state index contributed by atoms with van der Waals surface area (Å²) in [5.41, 5.74) is 1.86. The Morgan fingerprint density at radius 3 is 1.54 bits per heavy atom. The second-order valence-corrected chi connectivity index (χ2v) is 30.9. The number of fused-ring (bicyclic) bond motifs is 2. The Morgan fingerprint density at radius 2 is 1.03 bits per heavy atom. The third-order valence-corrected chi connectivity index (χ3v) is 19.4. The summed E-state index contributed by atoms with van der Waals surface area (Å²) in [7, 11) is 9.92. The molecule has 12 atom stereocenters. The van der Waals surface area contributed by atoms with Gasteiger partial charge in [0.25, 0.3) is 0 Å². The summed E-state index contributed by atoms with van der Waals surface area (Å²) < 4.78 is 11.1. The van der Waals surface area contributed by atoms with Gasteiger partial charge in [0.2, 0.25) is 65.0 Å². The molecule has 0 spiro atoms. The highest BCUT2D eigenvalue weighted by Crippen LogP contribution is 2.37. The van der Waals surface area contributed by atoms with Crippen molar-refractivity contribution in [3.63, 3.8) is 0 Å². The molecule has 0 saturated carbocycles. The van der Waals surface area contributed by atoms with Gasteiger partial charge >= 0.3 is 0 Å². The lowest BCUT2D eigenvalue weighted by Gasteiger charge is -2.41. The second-order valence-electron chi connectivity index (χ2n) is 30.9. The van der Waals surface area contributed by atoms with Crippen molar-refractivity contribution in [2.45, 2.75) is 243 Å². The number of nitrogens with one attached hydrogen (secondary N) is 4. The van der Waals surface area contributed by atoms with Crippen molar-refractivity contribution in [3.8, 4) is 11.5 Å². The van der Waals surface area contributed by atoms with E-state index in [4.69, 9.17) is 9.15 Å². The number of rotatable bonds is 15. The first-order valence-corrected chi connectivity index (χ1v) is 36.7. The second kappa shape index (κ2) is 40.2. The molecule has 1 aromatic heterocycles. The van der Waals surface area contributed by atoms with Gasteiger partial charge in [0.15, 0.2) is 5.43 Å². The fourth-order valence-corrected chi connectivity index (χ4v) is 13.0. The van der Waals surface area contributed by atoms with Crippen LogP contribution in [-0.4, -0.2) is 238 Å². The number of carbonyl (C=O) groups excluding carboxylic acids is 11. The van der Waals surface area contributed by atoms with Crippen molar-refractivity contribution in [2.75, 3.05) is 62.5 Å². The molecule has 4 rings (SSSR count). The quantitative estimate of drug-likeness (QED) is 0.112. The molecular weight excluding hydrogens is 1330 g/mol. The van der Waals surface area contributed by atoms with Crippen molar-refractivity contribution in [1.82, 2.24) is 55.6 Å². The van der Waals surface area contributed by atoms with Gasteiger partial charge < -0.3 is 74.9 Å². The summed E-state index contributed by atoms with van der Waals surface area (Å²) in [6.07, 6.45) is 5.59. The van der Waals surface area contributed by atoms with Crippen LogP contribution in [-0.2, 0) is 59.2 Å². The number of phenolic OH excluding ortho intramolecular Hbond substituents is 1. The van der Waals surface area contributed by atoms with Gasteiger partial charge in [-0.25, -0.2) is 0 Å². The van der Waals surface area contributed by atoms with Crippen molar-refractivity contribution in [3.05, 3.63) is 57.5 Å². The van der Waals surface area contributed by atoms with Crippen LogP contribution in [0, 0.1) is 48.3 Å². The average Bonchev–Trinajstić information content (AvgIpc) is 1.16. The van der Waals surface area contributed by atoms with Crippen molar-refractivity contribution >= 4 is 75.9 Å². The standard InChI is InChI=1S/C62H111N11O12.C15H14O4/c1-25-27-28-40(15)52(75)51-56(79)65-43(26-2)58(81)67(18)33-48(74)68(19)44(29-34(3)4)55(78)66-49(38(11)12)61(84)69(20)45(30-35(5)6)54(77)63-41(16)53(76)64-42(17)57(80)70(21)46(31-36(7)8)59(82)71(22)47(32-37(9)10)60(83)72(23)50(39(13)14)62(85)73(51)24;1-8-3-4-10-12(18-7-8)6-13-14(15(10)17)11(16)5-9(2)19-13/h25,27,34-47,49-52,75H,26,28-33H2,1-24H3,(H,63,77)(H,64,76)(H,65,79)(H,66,78);3,5-6,17H,4,7H2,1-2H3. The van der Waals surface area contributed by atoms with Crippen molar-refractivity contribution < 1.29 is 72.1 Å². The Balaban J connectivity index is 0.00000125. The molecule has 2 aliphatic heterocycles. The smallest absolute Gasteiger partial charge is 0.246 e. The number of ether oxygens (including phenoxy) is 1. The molecule has 27 heteroatoms. The number of aromatic hydroxyl groups is 1. The fraction of sp³-hybridized carbons (Fsp3) is 0.688. The summed E-state index contributed by atoms with van der Waals surface area (Å²) in [6, 6.07) is -9.26. The molecule has 2 aliphatic rings. The number of benzene rings is 1. The van der Waals surface area contributed by atoms with Gasteiger partial charge in [0.05, 0.1) is 12.6 Å². The largest absolute Gasteiger partial charge is 0.507 e. The first-order valence-electron chi connectivity index (χ1n) is 36.7. The van der Waals surface area contributed by atoms with E-state index < -0.39 is 156 Å². The number of likely N-dealkylation sites (N-methyl/N-ethyl adjacent to an activating group) is 7. The monoisotopic (exact) mass is 1460 g/mol. The summed E-state index contributed by atoms with van der Waals surface area (Å²) in [6.45, 7) is 33.5. The number of carbonyl (C=O) groups is 11. The van der Waals surface area contributed by atoms with E-state index in [1.54, 1.807) is 67.5 Å². The van der Waals surface area contributed by atoms with E-state index in [0.29, 0.717) is 42.1 Å². The van der Waals surface area contributed by atoms with E-state index in [9.17, 15) is 58.2 Å². The van der Waals surface area contributed by atoms with Crippen molar-refractivity contribution in [2.24, 2.45) is 41.4 Å². The number of aliphatic hydroxyl groups is 1. The molecule has 1 fully saturated rings. The average molecular weight is 1460 g/mol. The van der Waals surface area contributed by atoms with Crippen LogP contribution in [0.5, 0.6) is 11.5 Å². The zero-order valence-corrected chi connectivity index (χ0v) is 66.9. The van der Waals surface area contributed by atoms with Gasteiger partial charge in [-0.2, -0.15) is 0 Å². The zero-order chi connectivity index (χ0) is 79.5. The maximum Gasteiger partial charge on any atom is 0.246 e. The molecule has 1 saturated heterocycles. The van der Waals surface area contributed by atoms with E-state index in [1.165, 1.54) is 93.7 Å². The predicted octanol–water partition coefficient (Wildman–Crippen LogP) is 5.96. The summed E-state index contributed by atoms with van der Waals surface area (Å²) >= 11 is 0. The molecule has 6 N–H and O–H groups in total. The highest BCUT2D eigenvalue weighted by molar-refractivity contribution is 6.00. The van der Waals surface area contributed by atoms with Crippen LogP contribution < -0.4 is 31.4 Å². The number of aliphatic hydroxyl groups excluding tert-OH is 1. The van der Waals surface area contributed by atoms with Gasteiger partial charge in [-0.3, -0.25) is 57.5 Å². The molecular formula is C77H125N11O16. The molecule has 27 nitrogen and oxygen atoms in total. The van der Waals surface area contributed by atoms with Gasteiger partial charge in [0.1, 0.15) is 95.3 Å². The van der Waals surface area contributed by atoms with Crippen LogP contribution in [0.15, 0.2) is 45.1 Å². The van der Waals surface area contributed by atoms with E-state index in [-0.39, 0.29) is 72.3 Å². The van der Waals surface area contributed by atoms with E-state index in [1.807, 2.05) is 74.5 Å². The predicted molar refractivity (Wildman–Crippen MR) is 400 cm³/mol. The van der Waals surface area contributed by atoms with Crippen LogP contribution in [0.25, 0.3) is 11.0 Å². The Labute approximate surface area is 617 Å². The van der Waals surface area contributed by atoms with Gasteiger partial charge in [-0.05, 0) is 127 Å². The Kier molecular flexibility index (Phi) is 34.7. The van der Waals surface area contributed by atoms with Crippen molar-refractivity contribution in [1.29, 1.82) is 0 Å². The van der Waals surface area contributed by atoms with Crippen LogP contribution in [0.1, 0.15) is 174 Å². The number of allylic oxidation sites excluding steroid dienone is 3. The number of hydrogen-bond acceptors (Lipinski definition) is 16. The number of aryl methyl sites for hydroxylation is 1. The highest BCUT2D eigenvalue weighted by atomic mass is 16.5. The maximum absolute atomic E-state index is 15.1.